The molecule has 3 fully saturated rings. The molecule has 1 unspecified atom stereocenters. The van der Waals surface area contributed by atoms with Crippen molar-refractivity contribution in [1.82, 2.24) is 0 Å². The van der Waals surface area contributed by atoms with Crippen LogP contribution in [-0.2, 0) is 14.2 Å². The van der Waals surface area contributed by atoms with E-state index in [2.05, 4.69) is 20.8 Å². The molecule has 0 aromatic carbocycles. The minimum Gasteiger partial charge on any atom is -0.327 e. The van der Waals surface area contributed by atoms with Crippen LogP contribution in [0, 0.1) is 16.7 Å². The van der Waals surface area contributed by atoms with E-state index in [9.17, 15) is 0 Å². The van der Waals surface area contributed by atoms with Crippen molar-refractivity contribution in [3.8, 4) is 0 Å². The zero-order valence-electron chi connectivity index (χ0n) is 12.0. The number of hydrogen-bond donors (Lipinski definition) is 0. The van der Waals surface area contributed by atoms with E-state index in [0.717, 1.165) is 32.7 Å². The molecule has 0 aromatic heterocycles. The van der Waals surface area contributed by atoms with Gasteiger partial charge in [-0.15, -0.1) is 0 Å². The van der Waals surface area contributed by atoms with Gasteiger partial charge in [0.2, 0.25) is 0 Å². The zero-order chi connectivity index (χ0) is 12.9. The van der Waals surface area contributed by atoms with E-state index in [1.54, 1.807) is 0 Å². The van der Waals surface area contributed by atoms with E-state index >= 15 is 0 Å². The monoisotopic (exact) mass is 270 g/mol. The summed E-state index contributed by atoms with van der Waals surface area (Å²) >= 11 is 0. The Balaban J connectivity index is 0.00000133. The van der Waals surface area contributed by atoms with Crippen LogP contribution in [0.2, 0.25) is 0 Å². The minimum absolute atomic E-state index is 0. The molecular weight excluding hydrogens is 240 g/mol. The van der Waals surface area contributed by atoms with Crippen LogP contribution in [0.5, 0.6) is 0 Å². The Bertz CT molecular complexity index is 306. The molecule has 112 valence electrons. The second kappa shape index (κ2) is 5.01. The lowest BCUT2D eigenvalue weighted by atomic mass is 9.62. The van der Waals surface area contributed by atoms with Gasteiger partial charge in [-0.05, 0) is 43.4 Å². The molecule has 0 saturated carbocycles. The summed E-state index contributed by atoms with van der Waals surface area (Å²) < 4.78 is 18.1. The molecule has 3 rings (SSSR count). The van der Waals surface area contributed by atoms with Crippen LogP contribution in [0.25, 0.3) is 0 Å². The van der Waals surface area contributed by atoms with Gasteiger partial charge < -0.3 is 14.2 Å². The third-order valence-electron chi connectivity index (χ3n) is 5.17. The summed E-state index contributed by atoms with van der Waals surface area (Å²) in [5.74, 6) is -0.0975. The summed E-state index contributed by atoms with van der Waals surface area (Å²) in [5, 5.41) is 0. The molecule has 0 N–H and O–H groups in total. The Kier molecular flexibility index (Phi) is 4.03. The Morgan fingerprint density at radius 2 is 1.53 bits per heavy atom. The average Bonchev–Trinajstić information content (AvgIpc) is 2.35. The van der Waals surface area contributed by atoms with Crippen molar-refractivity contribution in [3.63, 3.8) is 0 Å². The summed E-state index contributed by atoms with van der Waals surface area (Å²) in [5.41, 5.74) is 0.412. The van der Waals surface area contributed by atoms with Crippen molar-refractivity contribution in [3.05, 3.63) is 0 Å². The van der Waals surface area contributed by atoms with Crippen LogP contribution in [0.15, 0.2) is 0 Å². The first-order valence-electron chi connectivity index (χ1n) is 7.39. The van der Waals surface area contributed by atoms with Gasteiger partial charge in [-0.25, -0.2) is 0 Å². The third kappa shape index (κ3) is 2.34. The molecular formula is C16H30O3. The topological polar surface area (TPSA) is 27.7 Å². The molecule has 3 nitrogen and oxygen atoms in total. The summed E-state index contributed by atoms with van der Waals surface area (Å²) in [6.07, 6.45) is 5.87. The van der Waals surface area contributed by atoms with Crippen LogP contribution >= 0.6 is 0 Å². The van der Waals surface area contributed by atoms with Gasteiger partial charge in [-0.2, -0.15) is 0 Å². The highest BCUT2D eigenvalue weighted by Gasteiger charge is 2.62. The molecule has 0 aliphatic carbocycles. The van der Waals surface area contributed by atoms with Crippen LogP contribution in [0.3, 0.4) is 0 Å². The van der Waals surface area contributed by atoms with Crippen molar-refractivity contribution < 1.29 is 14.2 Å². The fourth-order valence-electron chi connectivity index (χ4n) is 3.88. The van der Waals surface area contributed by atoms with Gasteiger partial charge in [0.15, 0.2) is 0 Å². The molecule has 0 amide bonds. The van der Waals surface area contributed by atoms with Crippen molar-refractivity contribution in [2.24, 2.45) is 16.7 Å². The third-order valence-corrected chi connectivity index (χ3v) is 5.17. The largest absolute Gasteiger partial charge is 0.327 e. The minimum atomic E-state index is -0.703. The number of rotatable bonds is 0. The Morgan fingerprint density at radius 1 is 0.947 bits per heavy atom. The molecule has 1 atom stereocenters. The number of hydrogen-bond acceptors (Lipinski definition) is 3. The molecule has 3 aliphatic rings. The standard InChI is InChI=1S/C15H26O3.CH4/c1-13(2,3)12-10-14-6-4-8-16-15(14,18-11-12)17-9-5-7-14;/h12H,4-11H2,1-3H3;1H4. The van der Waals surface area contributed by atoms with Gasteiger partial charge in [0.05, 0.1) is 25.2 Å². The predicted octanol–water partition coefficient (Wildman–Crippen LogP) is 3.97. The lowest BCUT2D eigenvalue weighted by Crippen LogP contribution is -2.64. The smallest absolute Gasteiger partial charge is 0.288 e. The van der Waals surface area contributed by atoms with Crippen LogP contribution in [-0.4, -0.2) is 25.8 Å². The molecule has 3 saturated heterocycles. The molecule has 0 aromatic rings. The van der Waals surface area contributed by atoms with Gasteiger partial charge in [0.1, 0.15) is 0 Å². The quantitative estimate of drug-likeness (QED) is 0.666. The van der Waals surface area contributed by atoms with Crippen LogP contribution < -0.4 is 0 Å². The van der Waals surface area contributed by atoms with E-state index in [-0.39, 0.29) is 12.8 Å². The highest BCUT2D eigenvalue weighted by molar-refractivity contribution is 4.99. The van der Waals surface area contributed by atoms with Crippen molar-refractivity contribution in [2.45, 2.75) is 66.3 Å². The van der Waals surface area contributed by atoms with Gasteiger partial charge in [-0.1, -0.05) is 28.2 Å². The van der Waals surface area contributed by atoms with Crippen molar-refractivity contribution >= 4 is 0 Å². The molecule has 0 radical (unpaired) electrons. The van der Waals surface area contributed by atoms with Crippen LogP contribution in [0.1, 0.15) is 60.3 Å². The molecule has 0 bridgehead atoms. The molecule has 3 aliphatic heterocycles. The first kappa shape index (κ1) is 15.3. The lowest BCUT2D eigenvalue weighted by Gasteiger charge is -2.59. The van der Waals surface area contributed by atoms with E-state index in [4.69, 9.17) is 14.2 Å². The maximum absolute atomic E-state index is 6.16. The first-order valence-corrected chi connectivity index (χ1v) is 7.39. The van der Waals surface area contributed by atoms with Crippen molar-refractivity contribution in [1.29, 1.82) is 0 Å². The Labute approximate surface area is 118 Å². The molecule has 3 heterocycles. The second-order valence-electron chi connectivity index (χ2n) is 7.32. The summed E-state index contributed by atoms with van der Waals surface area (Å²) in [6, 6.07) is 0. The average molecular weight is 270 g/mol. The fourth-order valence-corrected chi connectivity index (χ4v) is 3.88. The highest BCUT2D eigenvalue weighted by atomic mass is 16.9. The summed E-state index contributed by atoms with van der Waals surface area (Å²) in [7, 11) is 0. The second-order valence-corrected chi connectivity index (χ2v) is 7.32. The Hall–Kier alpha value is -0.120. The van der Waals surface area contributed by atoms with Gasteiger partial charge in [0.25, 0.3) is 5.97 Å². The fraction of sp³-hybridized carbons (Fsp3) is 1.00. The number of ether oxygens (including phenoxy) is 3. The Morgan fingerprint density at radius 3 is 2.05 bits per heavy atom. The first-order chi connectivity index (χ1) is 8.48. The molecule has 0 spiro atoms. The van der Waals surface area contributed by atoms with E-state index in [1.807, 2.05) is 0 Å². The maximum Gasteiger partial charge on any atom is 0.288 e. The van der Waals surface area contributed by atoms with Gasteiger partial charge in [-0.3, -0.25) is 0 Å². The lowest BCUT2D eigenvalue weighted by molar-refractivity contribution is -0.477. The van der Waals surface area contributed by atoms with Gasteiger partial charge >= 0.3 is 0 Å². The molecule has 19 heavy (non-hydrogen) atoms. The van der Waals surface area contributed by atoms with E-state index < -0.39 is 5.97 Å². The SMILES string of the molecule is C.CC(C)(C)C1COC23OCCCC2(CCCO3)C1. The van der Waals surface area contributed by atoms with Crippen LogP contribution in [0.4, 0.5) is 0 Å². The summed E-state index contributed by atoms with van der Waals surface area (Å²) in [6.45, 7) is 9.28. The normalized spacial score (nSPS) is 42.8. The predicted molar refractivity (Wildman–Crippen MR) is 75.8 cm³/mol. The maximum atomic E-state index is 6.16. The summed E-state index contributed by atoms with van der Waals surface area (Å²) in [4.78, 5) is 0. The highest BCUT2D eigenvalue weighted by Crippen LogP contribution is 2.58. The van der Waals surface area contributed by atoms with Crippen molar-refractivity contribution in [2.75, 3.05) is 19.8 Å². The molecule has 3 heteroatoms. The zero-order valence-corrected chi connectivity index (χ0v) is 12.0. The van der Waals surface area contributed by atoms with Gasteiger partial charge in [0, 0.05) is 0 Å². The van der Waals surface area contributed by atoms with E-state index in [0.29, 0.717) is 11.3 Å². The van der Waals surface area contributed by atoms with E-state index in [1.165, 1.54) is 19.3 Å².